The number of carbonyl (C=O) groups is 1. The minimum atomic E-state index is -1.13. The Balaban J connectivity index is 2.41. The average Bonchev–Trinajstić information content (AvgIpc) is 2.12. The molecule has 8 heavy (non-hydrogen) atoms. The molecule has 0 aliphatic carbocycles. The zero-order valence-corrected chi connectivity index (χ0v) is 3.90. The lowest BCUT2D eigenvalue weighted by Gasteiger charge is -2.01. The van der Waals surface area contributed by atoms with Crippen LogP contribution in [0.4, 0.5) is 0 Å². The van der Waals surface area contributed by atoms with Crippen LogP contribution in [0, 0.1) is 0 Å². The van der Waals surface area contributed by atoms with Crippen molar-refractivity contribution in [1.82, 2.24) is 0 Å². The van der Waals surface area contributed by atoms with Crippen molar-refractivity contribution in [2.24, 2.45) is 0 Å². The van der Waals surface area contributed by atoms with Crippen LogP contribution in [0.15, 0.2) is 12.5 Å². The van der Waals surface area contributed by atoms with E-state index in [0.717, 1.165) is 0 Å². The number of carboxylic acids is 1. The van der Waals surface area contributed by atoms with Crippen molar-refractivity contribution in [3.05, 3.63) is 12.5 Å². The molecule has 0 saturated heterocycles. The Morgan fingerprint density at radius 2 is 2.00 bits per heavy atom. The van der Waals surface area contributed by atoms with Crippen LogP contribution in [0.25, 0.3) is 0 Å². The maximum atomic E-state index is 9.91. The van der Waals surface area contributed by atoms with E-state index in [4.69, 9.17) is 5.11 Å². The predicted octanol–water partition coefficient (Wildman–Crippen LogP) is -0.0849. The number of carboxylic acid groups (broad SMARTS) is 1. The molecule has 0 atom stereocenters. The molecule has 44 valence electrons. The van der Waals surface area contributed by atoms with E-state index in [-0.39, 0.29) is 0 Å². The van der Waals surface area contributed by atoms with Crippen molar-refractivity contribution in [3.63, 3.8) is 0 Å². The predicted molar refractivity (Wildman–Crippen MR) is 22.7 cm³/mol. The minimum absolute atomic E-state index is 1.12. The third-order valence-corrected chi connectivity index (χ3v) is 0.662. The van der Waals surface area contributed by atoms with E-state index in [9.17, 15) is 4.79 Å². The Hall–Kier alpha value is -1.19. The van der Waals surface area contributed by atoms with Crippen LogP contribution >= 0.6 is 0 Å². The third-order valence-electron chi connectivity index (χ3n) is 0.662. The molecule has 0 radical (unpaired) electrons. The van der Waals surface area contributed by atoms with Crippen LogP contribution in [0.2, 0.25) is 0 Å². The van der Waals surface area contributed by atoms with Gasteiger partial charge in [0.25, 0.3) is 0 Å². The van der Waals surface area contributed by atoms with Crippen LogP contribution in [-0.4, -0.2) is 17.4 Å². The highest BCUT2D eigenvalue weighted by Crippen LogP contribution is 2.03. The lowest BCUT2D eigenvalue weighted by molar-refractivity contribution is -0.162. The summed E-state index contributed by atoms with van der Waals surface area (Å²) in [5.41, 5.74) is 0. The second kappa shape index (κ2) is 1.73. The topological polar surface area (TPSA) is 55.8 Å². The summed E-state index contributed by atoms with van der Waals surface area (Å²) in [5.74, 6) is -1.12. The summed E-state index contributed by atoms with van der Waals surface area (Å²) < 4.78 is 8.82. The zero-order valence-electron chi connectivity index (χ0n) is 3.90. The molecular formula is C4H4O4. The maximum Gasteiger partial charge on any atom is 0.387 e. The van der Waals surface area contributed by atoms with E-state index >= 15 is 0 Å². The first-order valence-corrected chi connectivity index (χ1v) is 1.99. The largest absolute Gasteiger partial charge is 0.476 e. The summed E-state index contributed by atoms with van der Waals surface area (Å²) in [6.45, 7) is 0. The average molecular weight is 116 g/mol. The fourth-order valence-corrected chi connectivity index (χ4v) is 0.355. The van der Waals surface area contributed by atoms with Gasteiger partial charge in [-0.15, -0.1) is 0 Å². The first kappa shape index (κ1) is 4.96. The van der Waals surface area contributed by atoms with Gasteiger partial charge in [-0.3, -0.25) is 0 Å². The molecular weight excluding hydrogens is 112 g/mol. The molecule has 0 amide bonds. The van der Waals surface area contributed by atoms with Gasteiger partial charge >= 0.3 is 12.3 Å². The Kier molecular flexibility index (Phi) is 1.07. The van der Waals surface area contributed by atoms with Gasteiger partial charge < -0.3 is 14.6 Å². The minimum Gasteiger partial charge on any atom is -0.476 e. The maximum absolute atomic E-state index is 9.91. The fourth-order valence-electron chi connectivity index (χ4n) is 0.355. The van der Waals surface area contributed by atoms with Crippen LogP contribution in [0.5, 0.6) is 0 Å². The number of rotatable bonds is 1. The van der Waals surface area contributed by atoms with E-state index in [2.05, 4.69) is 9.47 Å². The second-order valence-electron chi connectivity index (χ2n) is 1.21. The highest BCUT2D eigenvalue weighted by Gasteiger charge is 2.20. The van der Waals surface area contributed by atoms with Crippen LogP contribution in [0.3, 0.4) is 0 Å². The molecule has 1 heterocycles. The molecule has 0 aromatic rings. The lowest BCUT2D eigenvalue weighted by Crippen LogP contribution is -2.19. The fraction of sp³-hybridized carbons (Fsp3) is 0.250. The van der Waals surface area contributed by atoms with Crippen molar-refractivity contribution >= 4 is 5.97 Å². The second-order valence-corrected chi connectivity index (χ2v) is 1.21. The molecule has 0 aromatic carbocycles. The summed E-state index contributed by atoms with van der Waals surface area (Å²) in [6.07, 6.45) is 1.26. The Morgan fingerprint density at radius 1 is 1.50 bits per heavy atom. The van der Waals surface area contributed by atoms with Crippen molar-refractivity contribution in [3.8, 4) is 0 Å². The van der Waals surface area contributed by atoms with Crippen molar-refractivity contribution in [2.75, 3.05) is 0 Å². The molecule has 1 rings (SSSR count). The molecule has 0 aromatic heterocycles. The third kappa shape index (κ3) is 0.726. The normalized spacial score (nSPS) is 17.5. The summed E-state index contributed by atoms with van der Waals surface area (Å²) in [5, 5.41) is 8.12. The van der Waals surface area contributed by atoms with Crippen LogP contribution in [0.1, 0.15) is 0 Å². The standard InChI is InChI=1S/C4H4O4/c5-3(6)4-7-1-2-8-4/h1-2,4H,(H,5,6). The van der Waals surface area contributed by atoms with Gasteiger partial charge in [0.15, 0.2) is 0 Å². The Labute approximate surface area is 45.3 Å². The van der Waals surface area contributed by atoms with Gasteiger partial charge in [-0.2, -0.15) is 0 Å². The zero-order chi connectivity index (χ0) is 5.98. The van der Waals surface area contributed by atoms with E-state index in [1.165, 1.54) is 12.5 Å². The number of ether oxygens (including phenoxy) is 2. The summed E-state index contributed by atoms with van der Waals surface area (Å²) in [6, 6.07) is 0. The molecule has 1 N–H and O–H groups in total. The SMILES string of the molecule is O=C(O)C1OC=CO1. The van der Waals surface area contributed by atoms with Crippen LogP contribution < -0.4 is 0 Å². The Bertz CT molecular complexity index is 120. The van der Waals surface area contributed by atoms with Crippen molar-refractivity contribution in [1.29, 1.82) is 0 Å². The highest BCUT2D eigenvalue weighted by molar-refractivity contribution is 5.71. The van der Waals surface area contributed by atoms with E-state index < -0.39 is 12.3 Å². The smallest absolute Gasteiger partial charge is 0.387 e. The quantitative estimate of drug-likeness (QED) is 0.520. The van der Waals surface area contributed by atoms with Gasteiger partial charge in [-0.1, -0.05) is 0 Å². The molecule has 0 saturated carbocycles. The molecule has 0 fully saturated rings. The van der Waals surface area contributed by atoms with Gasteiger partial charge in [0, 0.05) is 0 Å². The number of aliphatic carboxylic acids is 1. The number of hydrogen-bond donors (Lipinski definition) is 1. The first-order valence-electron chi connectivity index (χ1n) is 1.99. The van der Waals surface area contributed by atoms with E-state index in [0.29, 0.717) is 0 Å². The molecule has 0 bridgehead atoms. The number of hydrogen-bond acceptors (Lipinski definition) is 3. The molecule has 1 aliphatic rings. The van der Waals surface area contributed by atoms with Crippen molar-refractivity contribution in [2.45, 2.75) is 6.29 Å². The molecule has 0 unspecified atom stereocenters. The van der Waals surface area contributed by atoms with Gasteiger partial charge in [-0.25, -0.2) is 4.79 Å². The van der Waals surface area contributed by atoms with Gasteiger partial charge in [0.05, 0.1) is 0 Å². The van der Waals surface area contributed by atoms with Crippen molar-refractivity contribution < 1.29 is 19.4 Å². The summed E-state index contributed by atoms with van der Waals surface area (Å²) >= 11 is 0. The summed E-state index contributed by atoms with van der Waals surface area (Å²) in [7, 11) is 0. The van der Waals surface area contributed by atoms with Gasteiger partial charge in [0.2, 0.25) is 0 Å². The van der Waals surface area contributed by atoms with E-state index in [1.54, 1.807) is 0 Å². The first-order chi connectivity index (χ1) is 3.80. The molecule has 1 aliphatic heterocycles. The Morgan fingerprint density at radius 3 is 2.25 bits per heavy atom. The van der Waals surface area contributed by atoms with Gasteiger partial charge in [0.1, 0.15) is 12.5 Å². The molecule has 4 nitrogen and oxygen atoms in total. The van der Waals surface area contributed by atoms with Crippen LogP contribution in [-0.2, 0) is 14.3 Å². The van der Waals surface area contributed by atoms with Gasteiger partial charge in [-0.05, 0) is 0 Å². The highest BCUT2D eigenvalue weighted by atomic mass is 16.7. The lowest BCUT2D eigenvalue weighted by atomic mass is 10.7. The van der Waals surface area contributed by atoms with E-state index in [1.807, 2.05) is 0 Å². The summed E-state index contributed by atoms with van der Waals surface area (Å²) in [4.78, 5) is 9.91. The molecule has 4 heteroatoms. The monoisotopic (exact) mass is 116 g/mol. The molecule has 0 spiro atoms.